The first-order valence-electron chi connectivity index (χ1n) is 7.51. The van der Waals surface area contributed by atoms with Crippen LogP contribution in [0.25, 0.3) is 0 Å². The molecule has 0 aliphatic heterocycles. The van der Waals surface area contributed by atoms with Gasteiger partial charge < -0.3 is 21.4 Å². The number of hydrogen-bond donors (Lipinski definition) is 4. The van der Waals surface area contributed by atoms with Crippen LogP contribution in [-0.2, 0) is 6.54 Å². The van der Waals surface area contributed by atoms with E-state index in [1.807, 2.05) is 24.3 Å². The smallest absolute Gasteiger partial charge is 0.170 e. The third kappa shape index (κ3) is 3.95. The van der Waals surface area contributed by atoms with Gasteiger partial charge in [-0.3, -0.25) is 0 Å². The number of nitrogens with one attached hydrogen (secondary N) is 1. The van der Waals surface area contributed by atoms with E-state index in [9.17, 15) is 5.11 Å². The van der Waals surface area contributed by atoms with Crippen molar-refractivity contribution in [3.8, 4) is 0 Å². The molecular weight excluding hydrogens is 266 g/mol. The predicted octanol–water partition coefficient (Wildman–Crippen LogP) is 1.81. The lowest BCUT2D eigenvalue weighted by Crippen LogP contribution is -2.50. The summed E-state index contributed by atoms with van der Waals surface area (Å²) in [6.07, 6.45) is 4.37. The molecule has 0 amide bonds. The Balaban J connectivity index is 1.95. The fourth-order valence-corrected chi connectivity index (χ4v) is 2.85. The third-order valence-electron chi connectivity index (χ3n) is 4.56. The second-order valence-electron chi connectivity index (χ2n) is 6.16. The summed E-state index contributed by atoms with van der Waals surface area (Å²) in [4.78, 5) is 0. The molecule has 21 heavy (non-hydrogen) atoms. The zero-order valence-electron chi connectivity index (χ0n) is 12.5. The highest BCUT2D eigenvalue weighted by molar-refractivity contribution is 5.96. The van der Waals surface area contributed by atoms with Crippen LogP contribution in [0.15, 0.2) is 29.4 Å². The maximum absolute atomic E-state index is 9.73. The van der Waals surface area contributed by atoms with Crippen molar-refractivity contribution in [2.75, 3.05) is 6.61 Å². The Morgan fingerprint density at radius 3 is 2.48 bits per heavy atom. The molecular formula is C16H25N3O2. The van der Waals surface area contributed by atoms with Crippen molar-refractivity contribution in [2.45, 2.75) is 44.7 Å². The fourth-order valence-electron chi connectivity index (χ4n) is 2.85. The van der Waals surface area contributed by atoms with E-state index >= 15 is 0 Å². The number of rotatable bonds is 5. The van der Waals surface area contributed by atoms with E-state index in [-0.39, 0.29) is 18.0 Å². The molecule has 2 rings (SSSR count). The Morgan fingerprint density at radius 2 is 1.95 bits per heavy atom. The molecule has 0 atom stereocenters. The van der Waals surface area contributed by atoms with Gasteiger partial charge in [-0.2, -0.15) is 0 Å². The van der Waals surface area contributed by atoms with Crippen molar-refractivity contribution in [1.29, 1.82) is 0 Å². The maximum Gasteiger partial charge on any atom is 0.170 e. The van der Waals surface area contributed by atoms with Gasteiger partial charge in [0.2, 0.25) is 0 Å². The molecule has 5 heteroatoms. The lowest BCUT2D eigenvalue weighted by molar-refractivity contribution is 0.104. The molecule has 0 radical (unpaired) electrons. The first-order valence-corrected chi connectivity index (χ1v) is 7.51. The number of amidine groups is 1. The van der Waals surface area contributed by atoms with Crippen LogP contribution in [0, 0.1) is 5.92 Å². The van der Waals surface area contributed by atoms with Crippen LogP contribution in [0.2, 0.25) is 0 Å². The fraction of sp³-hybridized carbons (Fsp3) is 0.562. The van der Waals surface area contributed by atoms with E-state index < -0.39 is 0 Å². The van der Waals surface area contributed by atoms with E-state index in [1.54, 1.807) is 0 Å². The topological polar surface area (TPSA) is 90.9 Å². The molecule has 1 aliphatic carbocycles. The van der Waals surface area contributed by atoms with Gasteiger partial charge in [0.15, 0.2) is 5.84 Å². The highest BCUT2D eigenvalue weighted by Gasteiger charge is 2.32. The van der Waals surface area contributed by atoms with Crippen molar-refractivity contribution >= 4 is 5.84 Å². The van der Waals surface area contributed by atoms with Gasteiger partial charge in [0, 0.05) is 17.6 Å². The number of oxime groups is 1. The lowest BCUT2D eigenvalue weighted by Gasteiger charge is -2.39. The largest absolute Gasteiger partial charge is 0.409 e. The Morgan fingerprint density at radius 1 is 1.33 bits per heavy atom. The summed E-state index contributed by atoms with van der Waals surface area (Å²) in [5, 5.41) is 24.9. The van der Waals surface area contributed by atoms with Gasteiger partial charge >= 0.3 is 0 Å². The van der Waals surface area contributed by atoms with Gasteiger partial charge in [0.25, 0.3) is 0 Å². The number of benzene rings is 1. The molecule has 0 aromatic heterocycles. The van der Waals surface area contributed by atoms with Crippen LogP contribution in [0.4, 0.5) is 0 Å². The van der Waals surface area contributed by atoms with E-state index in [1.165, 1.54) is 0 Å². The minimum atomic E-state index is -0.142. The first kappa shape index (κ1) is 15.8. The van der Waals surface area contributed by atoms with Crippen molar-refractivity contribution in [1.82, 2.24) is 5.32 Å². The monoisotopic (exact) mass is 291 g/mol. The zero-order valence-corrected chi connectivity index (χ0v) is 12.5. The van der Waals surface area contributed by atoms with Crippen molar-refractivity contribution in [2.24, 2.45) is 16.8 Å². The number of aliphatic hydroxyl groups excluding tert-OH is 1. The van der Waals surface area contributed by atoms with Crippen LogP contribution >= 0.6 is 0 Å². The van der Waals surface area contributed by atoms with Crippen LogP contribution in [0.5, 0.6) is 0 Å². The van der Waals surface area contributed by atoms with Crippen LogP contribution in [-0.4, -0.2) is 28.3 Å². The molecule has 1 aromatic carbocycles. The maximum atomic E-state index is 9.73. The molecule has 0 heterocycles. The summed E-state index contributed by atoms with van der Waals surface area (Å²) in [7, 11) is 0. The van der Waals surface area contributed by atoms with Gasteiger partial charge in [0.05, 0.1) is 6.61 Å². The molecule has 5 nitrogen and oxygen atoms in total. The minimum absolute atomic E-state index is 0.114. The molecule has 1 aliphatic rings. The van der Waals surface area contributed by atoms with Gasteiger partial charge in [-0.05, 0) is 37.2 Å². The molecule has 0 unspecified atom stereocenters. The average molecular weight is 291 g/mol. The normalized spacial score (nSPS) is 26.8. The molecule has 1 saturated carbocycles. The summed E-state index contributed by atoms with van der Waals surface area (Å²) in [5.41, 5.74) is 7.22. The van der Waals surface area contributed by atoms with Gasteiger partial charge in [-0.25, -0.2) is 0 Å². The predicted molar refractivity (Wildman–Crippen MR) is 83.2 cm³/mol. The highest BCUT2D eigenvalue weighted by atomic mass is 16.4. The Kier molecular flexibility index (Phi) is 5.20. The average Bonchev–Trinajstić information content (AvgIpc) is 2.54. The molecule has 1 aromatic rings. The number of hydrogen-bond acceptors (Lipinski definition) is 4. The zero-order chi connectivity index (χ0) is 15.3. The quantitative estimate of drug-likeness (QED) is 0.288. The van der Waals surface area contributed by atoms with Crippen LogP contribution < -0.4 is 11.1 Å². The summed E-state index contributed by atoms with van der Waals surface area (Å²) in [5.74, 6) is 0.870. The van der Waals surface area contributed by atoms with E-state index in [4.69, 9.17) is 10.9 Å². The SMILES string of the molecule is CC1CCC(CO)(NCc2ccc(C(N)=NO)cc2)CC1. The van der Waals surface area contributed by atoms with E-state index in [0.717, 1.165) is 37.2 Å². The molecule has 116 valence electrons. The summed E-state index contributed by atoms with van der Waals surface area (Å²) in [6.45, 7) is 3.17. The minimum Gasteiger partial charge on any atom is -0.409 e. The number of nitrogens with two attached hydrogens (primary N) is 1. The Bertz CT molecular complexity index is 477. The van der Waals surface area contributed by atoms with Crippen LogP contribution in [0.3, 0.4) is 0 Å². The second kappa shape index (κ2) is 6.91. The lowest BCUT2D eigenvalue weighted by atomic mass is 9.77. The molecule has 0 spiro atoms. The first-order chi connectivity index (χ1) is 10.1. The third-order valence-corrected chi connectivity index (χ3v) is 4.56. The highest BCUT2D eigenvalue weighted by Crippen LogP contribution is 2.31. The molecule has 5 N–H and O–H groups in total. The molecule has 1 fully saturated rings. The number of nitrogens with zero attached hydrogens (tertiary/aromatic N) is 1. The Labute approximate surface area is 125 Å². The second-order valence-corrected chi connectivity index (χ2v) is 6.16. The van der Waals surface area contributed by atoms with Gasteiger partial charge in [0.1, 0.15) is 0 Å². The van der Waals surface area contributed by atoms with Crippen molar-refractivity contribution in [3.63, 3.8) is 0 Å². The van der Waals surface area contributed by atoms with E-state index in [0.29, 0.717) is 12.1 Å². The van der Waals surface area contributed by atoms with Gasteiger partial charge in [-0.15, -0.1) is 0 Å². The van der Waals surface area contributed by atoms with Gasteiger partial charge in [-0.1, -0.05) is 36.3 Å². The molecule has 0 bridgehead atoms. The van der Waals surface area contributed by atoms with Crippen molar-refractivity contribution < 1.29 is 10.3 Å². The Hall–Kier alpha value is -1.59. The van der Waals surface area contributed by atoms with E-state index in [2.05, 4.69) is 17.4 Å². The standard InChI is InChI=1S/C16H25N3O2/c1-12-6-8-16(11-20,9-7-12)18-10-13-2-4-14(5-3-13)15(17)19-21/h2-5,12,18,20-21H,6-11H2,1H3,(H2,17,19). The number of aliphatic hydroxyl groups is 1. The summed E-state index contributed by atoms with van der Waals surface area (Å²) < 4.78 is 0. The van der Waals surface area contributed by atoms with Crippen LogP contribution in [0.1, 0.15) is 43.7 Å². The van der Waals surface area contributed by atoms with Crippen molar-refractivity contribution in [3.05, 3.63) is 35.4 Å². The molecule has 0 saturated heterocycles. The summed E-state index contributed by atoms with van der Waals surface area (Å²) in [6, 6.07) is 7.58. The summed E-state index contributed by atoms with van der Waals surface area (Å²) >= 11 is 0.